The summed E-state index contributed by atoms with van der Waals surface area (Å²) >= 11 is 0. The van der Waals surface area contributed by atoms with Gasteiger partial charge < -0.3 is 14.7 Å². The number of hydrogen-bond donors (Lipinski definition) is 0. The number of carbonyl (C=O) groups is 2. The molecule has 0 N–H and O–H groups in total. The second kappa shape index (κ2) is 9.48. The van der Waals surface area contributed by atoms with Crippen LogP contribution < -0.4 is 4.90 Å². The van der Waals surface area contributed by atoms with Crippen LogP contribution in [0.3, 0.4) is 0 Å². The summed E-state index contributed by atoms with van der Waals surface area (Å²) in [6.07, 6.45) is 7.03. The van der Waals surface area contributed by atoms with Crippen LogP contribution in [-0.4, -0.2) is 54.3 Å². The molecule has 2 atom stereocenters. The molecule has 1 saturated heterocycles. The highest BCUT2D eigenvalue weighted by Crippen LogP contribution is 2.41. The van der Waals surface area contributed by atoms with Gasteiger partial charge in [0.05, 0.1) is 6.54 Å². The molecule has 0 bridgehead atoms. The molecule has 2 unspecified atom stereocenters. The molecule has 5 heteroatoms. The van der Waals surface area contributed by atoms with Gasteiger partial charge in [-0.3, -0.25) is 9.59 Å². The predicted molar refractivity (Wildman–Crippen MR) is 127 cm³/mol. The minimum Gasteiger partial charge on any atom is -0.347 e. The van der Waals surface area contributed by atoms with Crippen LogP contribution in [0.1, 0.15) is 36.8 Å². The maximum absolute atomic E-state index is 13.5. The topological polar surface area (TPSA) is 43.9 Å². The highest BCUT2D eigenvalue weighted by Gasteiger charge is 2.42. The number of likely N-dealkylation sites (tertiary alicyclic amines) is 1. The Morgan fingerprint density at radius 1 is 1.06 bits per heavy atom. The van der Waals surface area contributed by atoms with E-state index in [0.29, 0.717) is 39.0 Å². The summed E-state index contributed by atoms with van der Waals surface area (Å²) in [4.78, 5) is 32.3. The number of fused-ring (bicyclic) bond motifs is 1. The molecule has 5 nitrogen and oxygen atoms in total. The normalized spacial score (nSPS) is 20.5. The Labute approximate surface area is 191 Å². The first-order valence-electron chi connectivity index (χ1n) is 11.4. The third-order valence-electron chi connectivity index (χ3n) is 6.86. The fraction of sp³-hybridized carbons (Fsp3) is 0.407. The van der Waals surface area contributed by atoms with Crippen molar-refractivity contribution in [3.8, 4) is 12.3 Å². The van der Waals surface area contributed by atoms with Crippen LogP contribution in [0.2, 0.25) is 0 Å². The van der Waals surface area contributed by atoms with Crippen molar-refractivity contribution in [1.82, 2.24) is 9.80 Å². The fourth-order valence-electron chi connectivity index (χ4n) is 5.13. The van der Waals surface area contributed by atoms with Gasteiger partial charge in [0.1, 0.15) is 6.04 Å². The van der Waals surface area contributed by atoms with E-state index in [0.717, 1.165) is 11.3 Å². The van der Waals surface area contributed by atoms with Gasteiger partial charge in [-0.15, -0.1) is 6.42 Å². The first-order valence-corrected chi connectivity index (χ1v) is 11.4. The molecule has 166 valence electrons. The summed E-state index contributed by atoms with van der Waals surface area (Å²) < 4.78 is 0. The van der Waals surface area contributed by atoms with Crippen LogP contribution in [0.4, 0.5) is 5.69 Å². The van der Waals surface area contributed by atoms with Crippen LogP contribution in [0.5, 0.6) is 0 Å². The molecular weight excluding hydrogens is 398 g/mol. The summed E-state index contributed by atoms with van der Waals surface area (Å²) in [5.41, 5.74) is 3.36. The molecule has 0 radical (unpaired) electrons. The number of nitrogens with zero attached hydrogens (tertiary/aromatic N) is 3. The highest BCUT2D eigenvalue weighted by atomic mass is 16.2. The summed E-state index contributed by atoms with van der Waals surface area (Å²) in [6.45, 7) is 4.34. The Hall–Kier alpha value is -3.26. The SMILES string of the molecule is C#CCN1c2ccccc2C(C)C1C(=O)N1CCC(C(=O)N(C)Cc2ccccc2)CC1. The molecular formula is C27H31N3O2. The zero-order valence-corrected chi connectivity index (χ0v) is 18.9. The number of amides is 2. The highest BCUT2D eigenvalue weighted by molar-refractivity contribution is 5.90. The van der Waals surface area contributed by atoms with E-state index in [1.807, 2.05) is 65.4 Å². The number of rotatable bonds is 5. The monoisotopic (exact) mass is 429 g/mol. The van der Waals surface area contributed by atoms with E-state index in [1.54, 1.807) is 0 Å². The molecule has 32 heavy (non-hydrogen) atoms. The fourth-order valence-corrected chi connectivity index (χ4v) is 5.13. The maximum Gasteiger partial charge on any atom is 0.245 e. The second-order valence-electron chi connectivity index (χ2n) is 8.90. The van der Waals surface area contributed by atoms with Crippen LogP contribution >= 0.6 is 0 Å². The number of para-hydroxylation sites is 1. The van der Waals surface area contributed by atoms with E-state index in [2.05, 4.69) is 23.8 Å². The lowest BCUT2D eigenvalue weighted by Crippen LogP contribution is -2.52. The Morgan fingerprint density at radius 2 is 1.72 bits per heavy atom. The molecule has 0 aromatic heterocycles. The van der Waals surface area contributed by atoms with Gasteiger partial charge in [-0.05, 0) is 30.0 Å². The minimum atomic E-state index is -0.281. The van der Waals surface area contributed by atoms with Gasteiger partial charge in [0.2, 0.25) is 11.8 Å². The summed E-state index contributed by atoms with van der Waals surface area (Å²) in [6, 6.07) is 17.9. The van der Waals surface area contributed by atoms with Crippen LogP contribution in [0.25, 0.3) is 0 Å². The van der Waals surface area contributed by atoms with E-state index in [-0.39, 0.29) is 29.7 Å². The Bertz CT molecular complexity index is 1010. The van der Waals surface area contributed by atoms with Gasteiger partial charge in [0, 0.05) is 44.2 Å². The van der Waals surface area contributed by atoms with Gasteiger partial charge in [-0.1, -0.05) is 61.4 Å². The first-order chi connectivity index (χ1) is 15.5. The van der Waals surface area contributed by atoms with Gasteiger partial charge in [-0.2, -0.15) is 0 Å². The average molecular weight is 430 g/mol. The number of carbonyl (C=O) groups excluding carboxylic acids is 2. The van der Waals surface area contributed by atoms with Crippen molar-refractivity contribution in [3.05, 3.63) is 65.7 Å². The Balaban J connectivity index is 1.38. The molecule has 2 aromatic rings. The Morgan fingerprint density at radius 3 is 2.41 bits per heavy atom. The molecule has 4 rings (SSSR count). The molecule has 0 spiro atoms. The van der Waals surface area contributed by atoms with Crippen LogP contribution in [0.15, 0.2) is 54.6 Å². The number of terminal acetylenes is 1. The zero-order chi connectivity index (χ0) is 22.7. The number of benzene rings is 2. The first kappa shape index (κ1) is 22.0. The molecule has 2 heterocycles. The third kappa shape index (κ3) is 4.23. The second-order valence-corrected chi connectivity index (χ2v) is 8.90. The smallest absolute Gasteiger partial charge is 0.245 e. The largest absolute Gasteiger partial charge is 0.347 e. The lowest BCUT2D eigenvalue weighted by Gasteiger charge is -2.37. The van der Waals surface area contributed by atoms with E-state index >= 15 is 0 Å². The standard InChI is InChI=1S/C27H31N3O2/c1-4-16-30-24-13-9-8-12-23(24)20(2)25(30)27(32)29-17-14-22(15-18-29)26(31)28(3)19-21-10-6-5-7-11-21/h1,5-13,20,22,25H,14-19H2,2-3H3. The maximum atomic E-state index is 13.5. The quantitative estimate of drug-likeness (QED) is 0.684. The van der Waals surface area contributed by atoms with Crippen molar-refractivity contribution in [1.29, 1.82) is 0 Å². The van der Waals surface area contributed by atoms with Gasteiger partial charge in [-0.25, -0.2) is 0 Å². The van der Waals surface area contributed by atoms with Crippen molar-refractivity contribution in [2.45, 2.75) is 38.3 Å². The van der Waals surface area contributed by atoms with Crippen molar-refractivity contribution in [3.63, 3.8) is 0 Å². The molecule has 0 aliphatic carbocycles. The van der Waals surface area contributed by atoms with Crippen LogP contribution in [-0.2, 0) is 16.1 Å². The van der Waals surface area contributed by atoms with Gasteiger partial charge in [0.25, 0.3) is 0 Å². The Kier molecular flexibility index (Phi) is 6.50. The number of hydrogen-bond acceptors (Lipinski definition) is 3. The predicted octanol–water partition coefficient (Wildman–Crippen LogP) is 3.51. The molecule has 2 aliphatic rings. The summed E-state index contributed by atoms with van der Waals surface area (Å²) in [7, 11) is 1.86. The lowest BCUT2D eigenvalue weighted by atomic mass is 9.92. The number of piperidine rings is 1. The number of anilines is 1. The van der Waals surface area contributed by atoms with E-state index in [9.17, 15) is 9.59 Å². The zero-order valence-electron chi connectivity index (χ0n) is 18.9. The minimum absolute atomic E-state index is 0.0345. The molecule has 0 saturated carbocycles. The molecule has 1 fully saturated rings. The summed E-state index contributed by atoms with van der Waals surface area (Å²) in [5, 5.41) is 0. The third-order valence-corrected chi connectivity index (χ3v) is 6.86. The average Bonchev–Trinajstić information content (AvgIpc) is 3.11. The van der Waals surface area contributed by atoms with Crippen molar-refractivity contribution in [2.24, 2.45) is 5.92 Å². The van der Waals surface area contributed by atoms with Crippen molar-refractivity contribution in [2.75, 3.05) is 31.6 Å². The van der Waals surface area contributed by atoms with Crippen LogP contribution in [0, 0.1) is 18.3 Å². The van der Waals surface area contributed by atoms with E-state index < -0.39 is 0 Å². The van der Waals surface area contributed by atoms with Crippen molar-refractivity contribution < 1.29 is 9.59 Å². The van der Waals surface area contributed by atoms with E-state index in [1.165, 1.54) is 5.56 Å². The molecule has 2 amide bonds. The van der Waals surface area contributed by atoms with Gasteiger partial charge in [0.15, 0.2) is 0 Å². The molecule has 2 aromatic carbocycles. The molecule has 2 aliphatic heterocycles. The van der Waals surface area contributed by atoms with Gasteiger partial charge >= 0.3 is 0 Å². The lowest BCUT2D eigenvalue weighted by molar-refractivity contribution is -0.140. The summed E-state index contributed by atoms with van der Waals surface area (Å²) in [5.74, 6) is 3.05. The van der Waals surface area contributed by atoms with E-state index in [4.69, 9.17) is 6.42 Å². The van der Waals surface area contributed by atoms with Crippen molar-refractivity contribution >= 4 is 17.5 Å².